The van der Waals surface area contributed by atoms with E-state index in [4.69, 9.17) is 4.74 Å². The van der Waals surface area contributed by atoms with E-state index in [1.165, 1.54) is 13.4 Å². The Morgan fingerprint density at radius 2 is 2.03 bits per heavy atom. The summed E-state index contributed by atoms with van der Waals surface area (Å²) in [7, 11) is 3.28. The molecule has 30 heavy (non-hydrogen) atoms. The van der Waals surface area contributed by atoms with Crippen molar-refractivity contribution in [1.29, 1.82) is 0 Å². The standard InChI is InChI=1S/C20H24N6O4/c1-21-18-15-19(23-9-22-18)26(10-24-15)14-7-6-13(16(27)17(14)28)25-20(29)11-4-3-5-12(8-11)30-2/h3-5,8-10,13-14,16-17,27-28H,6-7H2,1-2H3,(H,25,29)(H,21,22,23)/t13-,14-,16-,17-/m1/s1. The SMILES string of the molecule is CNc1ncnc2c1ncn2[C@@H]1CC[C@@H](NC(=O)c2cccc(OC)c2)[C@@H](O)[C@@H]1O. The number of carbonyl (C=O) groups is 1. The molecule has 4 atom stereocenters. The maximum absolute atomic E-state index is 12.6. The minimum Gasteiger partial charge on any atom is -0.497 e. The van der Waals surface area contributed by atoms with Gasteiger partial charge in [0, 0.05) is 12.6 Å². The van der Waals surface area contributed by atoms with Crippen molar-refractivity contribution in [2.24, 2.45) is 0 Å². The quantitative estimate of drug-likeness (QED) is 0.482. The third kappa shape index (κ3) is 3.55. The number of fused-ring (bicyclic) bond motifs is 1. The number of rotatable bonds is 5. The molecule has 2 heterocycles. The number of nitrogens with one attached hydrogen (secondary N) is 2. The van der Waals surface area contributed by atoms with Crippen LogP contribution in [0.4, 0.5) is 5.82 Å². The van der Waals surface area contributed by atoms with Gasteiger partial charge in [-0.1, -0.05) is 6.07 Å². The molecule has 10 nitrogen and oxygen atoms in total. The van der Waals surface area contributed by atoms with Crippen LogP contribution in [0.3, 0.4) is 0 Å². The molecule has 10 heteroatoms. The fraction of sp³-hybridized carbons (Fsp3) is 0.400. The first kappa shape index (κ1) is 20.0. The Labute approximate surface area is 172 Å². The van der Waals surface area contributed by atoms with Crippen molar-refractivity contribution in [2.45, 2.75) is 37.1 Å². The predicted octanol–water partition coefficient (Wildman–Crippen LogP) is 0.732. The van der Waals surface area contributed by atoms with E-state index < -0.39 is 24.3 Å². The summed E-state index contributed by atoms with van der Waals surface area (Å²) >= 11 is 0. The average Bonchev–Trinajstić information content (AvgIpc) is 3.21. The molecule has 0 radical (unpaired) electrons. The highest BCUT2D eigenvalue weighted by Gasteiger charge is 2.39. The van der Waals surface area contributed by atoms with Gasteiger partial charge in [0.1, 0.15) is 29.8 Å². The van der Waals surface area contributed by atoms with Crippen LogP contribution in [0.15, 0.2) is 36.9 Å². The Morgan fingerprint density at radius 1 is 1.20 bits per heavy atom. The zero-order chi connectivity index (χ0) is 21.3. The molecule has 2 aromatic heterocycles. The van der Waals surface area contributed by atoms with Gasteiger partial charge in [-0.15, -0.1) is 0 Å². The normalized spacial score (nSPS) is 23.9. The highest BCUT2D eigenvalue weighted by atomic mass is 16.5. The maximum atomic E-state index is 12.6. The van der Waals surface area contributed by atoms with Gasteiger partial charge in [-0.05, 0) is 31.0 Å². The van der Waals surface area contributed by atoms with Gasteiger partial charge in [0.25, 0.3) is 5.91 Å². The Morgan fingerprint density at radius 3 is 2.80 bits per heavy atom. The molecule has 1 fully saturated rings. The molecular weight excluding hydrogens is 388 g/mol. The lowest BCUT2D eigenvalue weighted by Crippen LogP contribution is -2.54. The highest BCUT2D eigenvalue weighted by molar-refractivity contribution is 5.94. The first-order valence-electron chi connectivity index (χ1n) is 9.69. The van der Waals surface area contributed by atoms with Crippen LogP contribution in [0.5, 0.6) is 5.75 Å². The Kier molecular flexibility index (Phi) is 5.51. The zero-order valence-electron chi connectivity index (χ0n) is 16.7. The fourth-order valence-electron chi connectivity index (χ4n) is 3.91. The molecule has 4 rings (SSSR count). The number of aliphatic hydroxyl groups excluding tert-OH is 2. The van der Waals surface area contributed by atoms with Crippen molar-refractivity contribution >= 4 is 22.9 Å². The summed E-state index contributed by atoms with van der Waals surface area (Å²) in [6.07, 6.45) is 1.81. The monoisotopic (exact) mass is 412 g/mol. The predicted molar refractivity (Wildman–Crippen MR) is 109 cm³/mol. The van der Waals surface area contributed by atoms with Crippen molar-refractivity contribution in [3.05, 3.63) is 42.5 Å². The number of benzene rings is 1. The Balaban J connectivity index is 1.50. The summed E-state index contributed by atoms with van der Waals surface area (Å²) in [5.41, 5.74) is 1.59. The van der Waals surface area contributed by atoms with Crippen LogP contribution >= 0.6 is 0 Å². The van der Waals surface area contributed by atoms with Gasteiger partial charge in [-0.25, -0.2) is 15.0 Å². The van der Waals surface area contributed by atoms with Crippen LogP contribution in [0.1, 0.15) is 29.2 Å². The number of amides is 1. The van der Waals surface area contributed by atoms with Crippen molar-refractivity contribution in [3.63, 3.8) is 0 Å². The number of carbonyl (C=O) groups excluding carboxylic acids is 1. The third-order valence-electron chi connectivity index (χ3n) is 5.53. The first-order chi connectivity index (χ1) is 14.5. The molecule has 1 aromatic carbocycles. The lowest BCUT2D eigenvalue weighted by Gasteiger charge is -2.38. The van der Waals surface area contributed by atoms with E-state index in [0.717, 1.165) is 0 Å². The molecule has 3 aromatic rings. The maximum Gasteiger partial charge on any atom is 0.251 e. The summed E-state index contributed by atoms with van der Waals surface area (Å²) in [6.45, 7) is 0. The number of aromatic nitrogens is 4. The minimum atomic E-state index is -1.14. The summed E-state index contributed by atoms with van der Waals surface area (Å²) in [4.78, 5) is 25.4. The van der Waals surface area contributed by atoms with Crippen molar-refractivity contribution in [1.82, 2.24) is 24.8 Å². The van der Waals surface area contributed by atoms with Crippen molar-refractivity contribution < 1.29 is 19.7 Å². The Hall–Kier alpha value is -3.24. The van der Waals surface area contributed by atoms with Gasteiger partial charge in [0.2, 0.25) is 0 Å². The number of ether oxygens (including phenoxy) is 1. The summed E-state index contributed by atoms with van der Waals surface area (Å²) in [6, 6.07) is 5.77. The van der Waals surface area contributed by atoms with Crippen LogP contribution in [-0.2, 0) is 0 Å². The van der Waals surface area contributed by atoms with E-state index in [1.54, 1.807) is 42.2 Å². The van der Waals surface area contributed by atoms with E-state index >= 15 is 0 Å². The van der Waals surface area contributed by atoms with Crippen molar-refractivity contribution in [3.8, 4) is 5.75 Å². The van der Waals surface area contributed by atoms with Crippen molar-refractivity contribution in [2.75, 3.05) is 19.5 Å². The molecule has 0 saturated heterocycles. The molecule has 0 bridgehead atoms. The smallest absolute Gasteiger partial charge is 0.251 e. The van der Waals surface area contributed by atoms with Crippen LogP contribution < -0.4 is 15.4 Å². The number of anilines is 1. The molecule has 1 saturated carbocycles. The number of methoxy groups -OCH3 is 1. The summed E-state index contributed by atoms with van der Waals surface area (Å²) < 4.78 is 6.90. The molecule has 1 amide bonds. The first-order valence-corrected chi connectivity index (χ1v) is 9.69. The molecule has 1 aliphatic rings. The molecular formula is C20H24N6O4. The second-order valence-corrected chi connectivity index (χ2v) is 7.23. The van der Waals surface area contributed by atoms with Gasteiger partial charge in [0.05, 0.1) is 25.5 Å². The summed E-state index contributed by atoms with van der Waals surface area (Å²) in [5.74, 6) is 0.831. The zero-order valence-corrected chi connectivity index (χ0v) is 16.7. The lowest BCUT2D eigenvalue weighted by molar-refractivity contribution is -0.0552. The van der Waals surface area contributed by atoms with Gasteiger partial charge in [-0.2, -0.15) is 0 Å². The van der Waals surface area contributed by atoms with E-state index in [9.17, 15) is 15.0 Å². The topological polar surface area (TPSA) is 134 Å². The summed E-state index contributed by atoms with van der Waals surface area (Å²) in [5, 5.41) is 27.3. The number of hydrogen-bond acceptors (Lipinski definition) is 8. The molecule has 158 valence electrons. The van der Waals surface area contributed by atoms with Gasteiger partial charge < -0.3 is 30.2 Å². The van der Waals surface area contributed by atoms with E-state index in [-0.39, 0.29) is 5.91 Å². The average molecular weight is 412 g/mol. The second kappa shape index (κ2) is 8.25. The van der Waals surface area contributed by atoms with Crippen LogP contribution in [0.25, 0.3) is 11.2 Å². The van der Waals surface area contributed by atoms with E-state index in [0.29, 0.717) is 41.1 Å². The molecule has 4 N–H and O–H groups in total. The fourth-order valence-corrected chi connectivity index (χ4v) is 3.91. The Bertz CT molecular complexity index is 1050. The molecule has 0 unspecified atom stereocenters. The van der Waals surface area contributed by atoms with E-state index in [2.05, 4.69) is 25.6 Å². The number of nitrogens with zero attached hydrogens (tertiary/aromatic N) is 4. The number of imidazole rings is 1. The van der Waals surface area contributed by atoms with Crippen LogP contribution in [0.2, 0.25) is 0 Å². The van der Waals surface area contributed by atoms with Gasteiger partial charge in [0.15, 0.2) is 11.5 Å². The minimum absolute atomic E-state index is 0.330. The lowest BCUT2D eigenvalue weighted by atomic mass is 9.85. The van der Waals surface area contributed by atoms with Gasteiger partial charge in [-0.3, -0.25) is 4.79 Å². The third-order valence-corrected chi connectivity index (χ3v) is 5.53. The largest absolute Gasteiger partial charge is 0.497 e. The second-order valence-electron chi connectivity index (χ2n) is 7.23. The highest BCUT2D eigenvalue weighted by Crippen LogP contribution is 2.32. The number of hydrogen-bond donors (Lipinski definition) is 4. The molecule has 0 spiro atoms. The van der Waals surface area contributed by atoms with Crippen LogP contribution in [0, 0.1) is 0 Å². The number of aliphatic hydroxyl groups is 2. The van der Waals surface area contributed by atoms with Crippen LogP contribution in [-0.4, -0.2) is 68.0 Å². The van der Waals surface area contributed by atoms with Gasteiger partial charge >= 0.3 is 0 Å². The molecule has 0 aliphatic heterocycles. The van der Waals surface area contributed by atoms with E-state index in [1.807, 2.05) is 0 Å². The molecule has 1 aliphatic carbocycles.